The summed E-state index contributed by atoms with van der Waals surface area (Å²) in [6, 6.07) is 9.87. The molecule has 2 aromatic rings. The summed E-state index contributed by atoms with van der Waals surface area (Å²) in [6.45, 7) is 0. The molecule has 0 aliphatic carbocycles. The van der Waals surface area contributed by atoms with Gasteiger partial charge in [0.2, 0.25) is 0 Å². The zero-order valence-corrected chi connectivity index (χ0v) is 13.4. The number of hydrogen-bond donors (Lipinski definition) is 2. The summed E-state index contributed by atoms with van der Waals surface area (Å²) in [7, 11) is 2.97. The number of benzene rings is 2. The minimum absolute atomic E-state index is 0.119. The maximum atomic E-state index is 11.6. The van der Waals surface area contributed by atoms with Crippen LogP contribution in [0.4, 0.5) is 5.69 Å². The zero-order valence-electron chi connectivity index (χ0n) is 12.7. The standard InChI is InChI=1S/C17H16ClNO4/c1-22-15-9-10(8-14(18)16(15)23-2)7-13(17(20)21)11-3-5-12(19)6-4-11/h3-9H,19H2,1-2H3,(H,20,21)/b13-7-. The summed E-state index contributed by atoms with van der Waals surface area (Å²) in [5, 5.41) is 9.80. The quantitative estimate of drug-likeness (QED) is 0.496. The Kier molecular flexibility index (Phi) is 5.13. The predicted octanol–water partition coefficient (Wildman–Crippen LogP) is 3.56. The second kappa shape index (κ2) is 7.07. The fourth-order valence-corrected chi connectivity index (χ4v) is 2.42. The Morgan fingerprint density at radius 1 is 1.17 bits per heavy atom. The van der Waals surface area contributed by atoms with Crippen LogP contribution in [0.25, 0.3) is 11.6 Å². The van der Waals surface area contributed by atoms with E-state index >= 15 is 0 Å². The van der Waals surface area contributed by atoms with Crippen molar-refractivity contribution in [3.05, 3.63) is 52.5 Å². The topological polar surface area (TPSA) is 81.8 Å². The largest absolute Gasteiger partial charge is 0.493 e. The highest BCUT2D eigenvalue weighted by molar-refractivity contribution is 6.32. The summed E-state index contributed by atoms with van der Waals surface area (Å²) < 4.78 is 10.4. The van der Waals surface area contributed by atoms with Crippen molar-refractivity contribution in [1.82, 2.24) is 0 Å². The van der Waals surface area contributed by atoms with Gasteiger partial charge in [0.25, 0.3) is 0 Å². The smallest absolute Gasteiger partial charge is 0.336 e. The van der Waals surface area contributed by atoms with Crippen LogP contribution in [0.1, 0.15) is 11.1 Å². The molecule has 0 aliphatic heterocycles. The summed E-state index contributed by atoms with van der Waals surface area (Å²) in [5.41, 5.74) is 7.44. The average molecular weight is 334 g/mol. The van der Waals surface area contributed by atoms with E-state index < -0.39 is 5.97 Å². The van der Waals surface area contributed by atoms with Crippen LogP contribution in [0.5, 0.6) is 11.5 Å². The van der Waals surface area contributed by atoms with Gasteiger partial charge < -0.3 is 20.3 Å². The SMILES string of the molecule is COc1cc(/C=C(\C(=O)O)c2ccc(N)cc2)cc(Cl)c1OC. The third kappa shape index (κ3) is 3.76. The highest BCUT2D eigenvalue weighted by Crippen LogP contribution is 2.37. The summed E-state index contributed by atoms with van der Waals surface area (Å²) in [6.07, 6.45) is 1.52. The molecule has 23 heavy (non-hydrogen) atoms. The van der Waals surface area contributed by atoms with Gasteiger partial charge in [0.05, 0.1) is 24.8 Å². The van der Waals surface area contributed by atoms with E-state index in [1.165, 1.54) is 20.3 Å². The van der Waals surface area contributed by atoms with E-state index in [4.69, 9.17) is 26.8 Å². The van der Waals surface area contributed by atoms with Crippen LogP contribution in [0.15, 0.2) is 36.4 Å². The number of hydrogen-bond acceptors (Lipinski definition) is 4. The second-order valence-electron chi connectivity index (χ2n) is 4.72. The number of carboxylic acid groups (broad SMARTS) is 1. The second-order valence-corrected chi connectivity index (χ2v) is 5.13. The molecule has 0 aliphatic rings. The van der Waals surface area contributed by atoms with Crippen LogP contribution in [0.3, 0.4) is 0 Å². The molecular formula is C17H16ClNO4. The van der Waals surface area contributed by atoms with Crippen LogP contribution in [0, 0.1) is 0 Å². The molecule has 6 heteroatoms. The van der Waals surface area contributed by atoms with Gasteiger partial charge in [-0.1, -0.05) is 23.7 Å². The Bertz CT molecular complexity index is 754. The van der Waals surface area contributed by atoms with Gasteiger partial charge in [-0.3, -0.25) is 0 Å². The van der Waals surface area contributed by atoms with Crippen molar-refractivity contribution in [2.24, 2.45) is 0 Å². The first-order valence-electron chi connectivity index (χ1n) is 6.68. The molecule has 0 spiro atoms. The maximum absolute atomic E-state index is 11.6. The molecule has 0 bridgehead atoms. The van der Waals surface area contributed by atoms with E-state index in [1.54, 1.807) is 36.4 Å². The number of carboxylic acids is 1. The minimum atomic E-state index is -1.05. The van der Waals surface area contributed by atoms with E-state index in [2.05, 4.69) is 0 Å². The summed E-state index contributed by atoms with van der Waals surface area (Å²) in [4.78, 5) is 11.6. The number of nitrogen functional groups attached to an aromatic ring is 1. The summed E-state index contributed by atoms with van der Waals surface area (Å²) >= 11 is 6.15. The van der Waals surface area contributed by atoms with Gasteiger partial charge in [0.1, 0.15) is 0 Å². The number of ether oxygens (including phenoxy) is 2. The first-order valence-corrected chi connectivity index (χ1v) is 7.06. The van der Waals surface area contributed by atoms with Crippen molar-refractivity contribution in [3.8, 4) is 11.5 Å². The highest BCUT2D eigenvalue weighted by Gasteiger charge is 2.14. The lowest BCUT2D eigenvalue weighted by Crippen LogP contribution is -2.00. The molecule has 0 atom stereocenters. The van der Waals surface area contributed by atoms with Crippen molar-refractivity contribution in [3.63, 3.8) is 0 Å². The molecule has 0 saturated carbocycles. The molecule has 0 saturated heterocycles. The highest BCUT2D eigenvalue weighted by atomic mass is 35.5. The Morgan fingerprint density at radius 3 is 2.35 bits per heavy atom. The third-order valence-corrected chi connectivity index (χ3v) is 3.50. The molecule has 0 heterocycles. The maximum Gasteiger partial charge on any atom is 0.336 e. The number of nitrogens with two attached hydrogens (primary N) is 1. The lowest BCUT2D eigenvalue weighted by atomic mass is 10.0. The predicted molar refractivity (Wildman–Crippen MR) is 90.9 cm³/mol. The van der Waals surface area contributed by atoms with Gasteiger partial charge in [-0.05, 0) is 41.5 Å². The van der Waals surface area contributed by atoms with Crippen molar-refractivity contribution < 1.29 is 19.4 Å². The van der Waals surface area contributed by atoms with Gasteiger partial charge in [0.15, 0.2) is 11.5 Å². The van der Waals surface area contributed by atoms with Crippen molar-refractivity contribution in [1.29, 1.82) is 0 Å². The first kappa shape index (κ1) is 16.7. The van der Waals surface area contributed by atoms with Crippen LogP contribution < -0.4 is 15.2 Å². The van der Waals surface area contributed by atoms with Crippen LogP contribution in [0.2, 0.25) is 5.02 Å². The van der Waals surface area contributed by atoms with Gasteiger partial charge in [-0.15, -0.1) is 0 Å². The van der Waals surface area contributed by atoms with Crippen LogP contribution in [-0.4, -0.2) is 25.3 Å². The molecule has 120 valence electrons. The summed E-state index contributed by atoms with van der Waals surface area (Å²) in [5.74, 6) is -0.232. The molecule has 3 N–H and O–H groups in total. The lowest BCUT2D eigenvalue weighted by molar-refractivity contribution is -0.130. The molecule has 2 aromatic carbocycles. The minimum Gasteiger partial charge on any atom is -0.493 e. The van der Waals surface area contributed by atoms with Crippen LogP contribution >= 0.6 is 11.6 Å². The van der Waals surface area contributed by atoms with Crippen LogP contribution in [-0.2, 0) is 4.79 Å². The first-order chi connectivity index (χ1) is 11.0. The number of rotatable bonds is 5. The molecule has 0 fully saturated rings. The van der Waals surface area contributed by atoms with Crippen molar-refractivity contribution >= 4 is 34.9 Å². The molecule has 0 radical (unpaired) electrons. The van der Waals surface area contributed by atoms with Gasteiger partial charge in [0, 0.05) is 5.69 Å². The molecule has 2 rings (SSSR count). The number of methoxy groups -OCH3 is 2. The monoisotopic (exact) mass is 333 g/mol. The van der Waals surface area contributed by atoms with E-state index in [9.17, 15) is 9.90 Å². The number of carbonyl (C=O) groups is 1. The third-order valence-electron chi connectivity index (χ3n) is 3.22. The van der Waals surface area contributed by atoms with Crippen molar-refractivity contribution in [2.45, 2.75) is 0 Å². The Labute approximate surface area is 138 Å². The fourth-order valence-electron chi connectivity index (χ4n) is 2.12. The van der Waals surface area contributed by atoms with Crippen molar-refractivity contribution in [2.75, 3.05) is 20.0 Å². The van der Waals surface area contributed by atoms with E-state index in [0.29, 0.717) is 33.3 Å². The Balaban J connectivity index is 2.54. The van der Waals surface area contributed by atoms with E-state index in [1.807, 2.05) is 0 Å². The molecule has 0 aromatic heterocycles. The molecular weight excluding hydrogens is 318 g/mol. The lowest BCUT2D eigenvalue weighted by Gasteiger charge is -2.11. The van der Waals surface area contributed by atoms with E-state index in [-0.39, 0.29) is 5.57 Å². The average Bonchev–Trinajstić information content (AvgIpc) is 2.52. The fraction of sp³-hybridized carbons (Fsp3) is 0.118. The number of anilines is 1. The number of aliphatic carboxylic acids is 1. The molecule has 0 unspecified atom stereocenters. The Morgan fingerprint density at radius 2 is 1.83 bits per heavy atom. The van der Waals surface area contributed by atoms with E-state index in [0.717, 1.165) is 0 Å². The zero-order chi connectivity index (χ0) is 17.0. The number of halogens is 1. The Hall–Kier alpha value is -2.66. The normalized spacial score (nSPS) is 11.2. The van der Waals surface area contributed by atoms with Gasteiger partial charge in [-0.25, -0.2) is 4.79 Å². The van der Waals surface area contributed by atoms with Gasteiger partial charge >= 0.3 is 5.97 Å². The molecule has 5 nitrogen and oxygen atoms in total. The molecule has 0 amide bonds. The van der Waals surface area contributed by atoms with Gasteiger partial charge in [-0.2, -0.15) is 0 Å².